The second-order valence-corrected chi connectivity index (χ2v) is 3.67. The minimum absolute atomic E-state index is 0.0621. The van der Waals surface area contributed by atoms with Gasteiger partial charge in [0.15, 0.2) is 0 Å². The van der Waals surface area contributed by atoms with Gasteiger partial charge in [0.25, 0.3) is 0 Å². The van der Waals surface area contributed by atoms with Crippen LogP contribution in [0.15, 0.2) is 0 Å². The van der Waals surface area contributed by atoms with Gasteiger partial charge in [0.05, 0.1) is 6.42 Å². The minimum Gasteiger partial charge on any atom is -0.480 e. The highest BCUT2D eigenvalue weighted by Gasteiger charge is 2.24. The largest absolute Gasteiger partial charge is 0.480 e. The van der Waals surface area contributed by atoms with Gasteiger partial charge in [-0.05, 0) is 13.3 Å². The summed E-state index contributed by atoms with van der Waals surface area (Å²) in [7, 11) is 0. The molecule has 0 fully saturated rings. The van der Waals surface area contributed by atoms with Gasteiger partial charge in [0, 0.05) is 19.7 Å². The Morgan fingerprint density at radius 1 is 1.39 bits per heavy atom. The number of carbonyl (C=O) groups is 3. The van der Waals surface area contributed by atoms with Gasteiger partial charge in [-0.1, -0.05) is 0 Å². The Labute approximate surface area is 105 Å². The number of rotatable bonds is 8. The van der Waals surface area contributed by atoms with E-state index in [-0.39, 0.29) is 6.61 Å². The predicted octanol–water partition coefficient (Wildman–Crippen LogP) is -1.27. The first-order valence-electron chi connectivity index (χ1n) is 5.59. The second kappa shape index (κ2) is 8.29. The fourth-order valence-corrected chi connectivity index (χ4v) is 1.31. The number of carboxylic acids is 1. The number of amides is 3. The summed E-state index contributed by atoms with van der Waals surface area (Å²) in [6, 6.07) is -1.93. The van der Waals surface area contributed by atoms with E-state index in [1.54, 1.807) is 6.92 Å². The second-order valence-electron chi connectivity index (χ2n) is 3.67. The van der Waals surface area contributed by atoms with Crippen molar-refractivity contribution in [3.05, 3.63) is 0 Å². The number of aliphatic hydroxyl groups is 1. The summed E-state index contributed by atoms with van der Waals surface area (Å²) in [4.78, 5) is 34.5. The van der Waals surface area contributed by atoms with Crippen molar-refractivity contribution in [1.29, 1.82) is 0 Å². The van der Waals surface area contributed by atoms with Gasteiger partial charge in [0.2, 0.25) is 5.91 Å². The number of hydrogen-bond acceptors (Lipinski definition) is 4. The smallest absolute Gasteiger partial charge is 0.326 e. The molecule has 0 spiro atoms. The molecule has 0 aromatic carbocycles. The molecule has 3 amide bonds. The summed E-state index contributed by atoms with van der Waals surface area (Å²) < 4.78 is 0. The van der Waals surface area contributed by atoms with Crippen molar-refractivity contribution in [2.45, 2.75) is 25.8 Å². The third kappa shape index (κ3) is 6.04. The monoisotopic (exact) mass is 261 g/mol. The summed E-state index contributed by atoms with van der Waals surface area (Å²) in [5.41, 5.74) is 4.90. The summed E-state index contributed by atoms with van der Waals surface area (Å²) in [5, 5.41) is 19.7. The number of nitrogens with two attached hydrogens (primary N) is 1. The van der Waals surface area contributed by atoms with Gasteiger partial charge >= 0.3 is 12.0 Å². The molecule has 5 N–H and O–H groups in total. The molecule has 8 nitrogen and oxygen atoms in total. The minimum atomic E-state index is -1.34. The Bertz CT molecular complexity index is 308. The van der Waals surface area contributed by atoms with Crippen molar-refractivity contribution in [1.82, 2.24) is 10.2 Å². The highest BCUT2D eigenvalue weighted by molar-refractivity contribution is 5.87. The number of primary amides is 1. The Hall–Kier alpha value is -1.83. The third-order valence-electron chi connectivity index (χ3n) is 2.26. The molecule has 104 valence electrons. The molecule has 0 aromatic heterocycles. The quantitative estimate of drug-likeness (QED) is 0.432. The van der Waals surface area contributed by atoms with E-state index in [0.717, 1.165) is 0 Å². The fraction of sp³-hybridized carbons (Fsp3) is 0.700. The Kier molecular flexibility index (Phi) is 7.45. The summed E-state index contributed by atoms with van der Waals surface area (Å²) in [6.07, 6.45) is -0.0621. The Balaban J connectivity index is 4.46. The van der Waals surface area contributed by atoms with E-state index in [0.29, 0.717) is 19.5 Å². The molecule has 0 unspecified atom stereocenters. The normalized spacial score (nSPS) is 11.7. The van der Waals surface area contributed by atoms with Gasteiger partial charge in [-0.25, -0.2) is 9.59 Å². The van der Waals surface area contributed by atoms with Crippen LogP contribution in [0.4, 0.5) is 4.79 Å². The lowest BCUT2D eigenvalue weighted by atomic mass is 10.2. The third-order valence-corrected chi connectivity index (χ3v) is 2.26. The molecule has 0 aromatic rings. The van der Waals surface area contributed by atoms with Crippen molar-refractivity contribution < 1.29 is 24.6 Å². The summed E-state index contributed by atoms with van der Waals surface area (Å²) >= 11 is 0. The van der Waals surface area contributed by atoms with Crippen LogP contribution < -0.4 is 11.1 Å². The van der Waals surface area contributed by atoms with E-state index in [2.05, 4.69) is 5.32 Å². The van der Waals surface area contributed by atoms with Crippen LogP contribution in [0.25, 0.3) is 0 Å². The molecule has 0 aliphatic heterocycles. The molecule has 18 heavy (non-hydrogen) atoms. The van der Waals surface area contributed by atoms with Gasteiger partial charge in [0.1, 0.15) is 6.04 Å². The average molecular weight is 261 g/mol. The molecule has 0 aliphatic rings. The number of nitrogens with zero attached hydrogens (tertiary/aromatic N) is 1. The van der Waals surface area contributed by atoms with E-state index in [4.69, 9.17) is 15.9 Å². The van der Waals surface area contributed by atoms with Crippen LogP contribution in [0.1, 0.15) is 19.8 Å². The Morgan fingerprint density at radius 3 is 2.39 bits per heavy atom. The molecular weight excluding hydrogens is 242 g/mol. The lowest BCUT2D eigenvalue weighted by molar-refractivity contribution is -0.140. The molecule has 8 heteroatoms. The first-order valence-corrected chi connectivity index (χ1v) is 5.59. The van der Waals surface area contributed by atoms with Gasteiger partial charge in [-0.3, -0.25) is 4.79 Å². The number of urea groups is 1. The van der Waals surface area contributed by atoms with Crippen molar-refractivity contribution in [2.24, 2.45) is 5.73 Å². The highest BCUT2D eigenvalue weighted by atomic mass is 16.4. The van der Waals surface area contributed by atoms with Crippen LogP contribution in [0.5, 0.6) is 0 Å². The zero-order valence-corrected chi connectivity index (χ0v) is 10.3. The zero-order chi connectivity index (χ0) is 14.1. The number of carboxylic acid groups (broad SMARTS) is 1. The fourth-order valence-electron chi connectivity index (χ4n) is 1.31. The van der Waals surface area contributed by atoms with Crippen LogP contribution in [0.2, 0.25) is 0 Å². The first kappa shape index (κ1) is 16.2. The molecule has 0 heterocycles. The van der Waals surface area contributed by atoms with Gasteiger partial charge in [-0.15, -0.1) is 0 Å². The van der Waals surface area contributed by atoms with E-state index >= 15 is 0 Å². The van der Waals surface area contributed by atoms with E-state index in [1.807, 2.05) is 0 Å². The maximum absolute atomic E-state index is 11.7. The van der Waals surface area contributed by atoms with Crippen LogP contribution in [-0.4, -0.2) is 58.8 Å². The molecule has 0 bridgehead atoms. The topological polar surface area (TPSA) is 133 Å². The van der Waals surface area contributed by atoms with Gasteiger partial charge in [-0.2, -0.15) is 0 Å². The molecular formula is C10H19N3O5. The van der Waals surface area contributed by atoms with Gasteiger partial charge < -0.3 is 26.2 Å². The lowest BCUT2D eigenvalue weighted by Gasteiger charge is -2.23. The summed E-state index contributed by atoms with van der Waals surface area (Å²) in [5.74, 6) is -2.12. The van der Waals surface area contributed by atoms with Crippen molar-refractivity contribution in [2.75, 3.05) is 19.7 Å². The van der Waals surface area contributed by atoms with E-state index in [1.165, 1.54) is 4.90 Å². The number of aliphatic carboxylic acids is 1. The van der Waals surface area contributed by atoms with Crippen molar-refractivity contribution in [3.63, 3.8) is 0 Å². The number of carbonyl (C=O) groups excluding carboxylic acids is 2. The van der Waals surface area contributed by atoms with Crippen LogP contribution >= 0.6 is 0 Å². The first-order chi connectivity index (χ1) is 8.42. The standard InChI is InChI=1S/C10H19N3O5/c1-2-13(4-3-5-14)10(18)12-7(9(16)17)6-8(11)15/h7,14H,2-6H2,1H3,(H2,11,15)(H,12,18)(H,16,17)/t7-/m1/s1. The van der Waals surface area contributed by atoms with Crippen LogP contribution in [-0.2, 0) is 9.59 Å². The van der Waals surface area contributed by atoms with E-state index < -0.39 is 30.4 Å². The molecule has 1 atom stereocenters. The Morgan fingerprint density at radius 2 is 2.00 bits per heavy atom. The number of aliphatic hydroxyl groups excluding tert-OH is 1. The molecule has 0 saturated heterocycles. The molecule has 0 rings (SSSR count). The molecule has 0 saturated carbocycles. The average Bonchev–Trinajstić information content (AvgIpc) is 2.28. The van der Waals surface area contributed by atoms with Crippen molar-refractivity contribution >= 4 is 17.9 Å². The molecule has 0 radical (unpaired) electrons. The van der Waals surface area contributed by atoms with Crippen LogP contribution in [0, 0.1) is 0 Å². The number of nitrogens with one attached hydrogen (secondary N) is 1. The maximum atomic E-state index is 11.7. The lowest BCUT2D eigenvalue weighted by Crippen LogP contribution is -2.49. The van der Waals surface area contributed by atoms with E-state index in [9.17, 15) is 14.4 Å². The maximum Gasteiger partial charge on any atom is 0.326 e. The molecule has 0 aliphatic carbocycles. The predicted molar refractivity (Wildman–Crippen MR) is 62.7 cm³/mol. The highest BCUT2D eigenvalue weighted by Crippen LogP contribution is 1.97. The van der Waals surface area contributed by atoms with Crippen LogP contribution in [0.3, 0.4) is 0 Å². The zero-order valence-electron chi connectivity index (χ0n) is 10.3. The number of hydrogen-bond donors (Lipinski definition) is 4. The van der Waals surface area contributed by atoms with Crippen molar-refractivity contribution in [3.8, 4) is 0 Å². The summed E-state index contributed by atoms with van der Waals surface area (Å²) in [6.45, 7) is 2.34. The SMILES string of the molecule is CCN(CCCO)C(=O)N[C@H](CC(N)=O)C(=O)O.